The third kappa shape index (κ3) is 6.03. The van der Waals surface area contributed by atoms with Crippen LogP contribution in [0.5, 0.6) is 0 Å². The number of aromatic nitrogens is 2. The van der Waals surface area contributed by atoms with Crippen molar-refractivity contribution in [2.45, 2.75) is 52.2 Å². The summed E-state index contributed by atoms with van der Waals surface area (Å²) in [5.74, 6) is 0.0143. The van der Waals surface area contributed by atoms with Gasteiger partial charge in [0.2, 0.25) is 0 Å². The summed E-state index contributed by atoms with van der Waals surface area (Å²) >= 11 is 0. The van der Waals surface area contributed by atoms with Gasteiger partial charge in [0.25, 0.3) is 0 Å². The second-order valence-corrected chi connectivity index (χ2v) is 8.75. The Hall–Kier alpha value is -2.96. The summed E-state index contributed by atoms with van der Waals surface area (Å²) in [6.45, 7) is 8.67. The summed E-state index contributed by atoms with van der Waals surface area (Å²) in [7, 11) is 0. The molecule has 0 aliphatic rings. The van der Waals surface area contributed by atoms with Gasteiger partial charge in [-0.3, -0.25) is 4.79 Å². The first-order valence-electron chi connectivity index (χ1n) is 10.5. The molecule has 0 aliphatic carbocycles. The molecule has 0 aliphatic heterocycles. The molecule has 0 saturated carbocycles. The normalized spacial score (nSPS) is 12.7. The average Bonchev–Trinajstić information content (AvgIpc) is 3.05. The maximum Gasteiger partial charge on any atom is 0.307 e. The lowest BCUT2D eigenvalue weighted by atomic mass is 9.93. The molecule has 0 radical (unpaired) electrons. The van der Waals surface area contributed by atoms with Crippen molar-refractivity contribution < 1.29 is 15.0 Å². The van der Waals surface area contributed by atoms with E-state index in [1.165, 1.54) is 0 Å². The lowest BCUT2D eigenvalue weighted by Gasteiger charge is -2.28. The van der Waals surface area contributed by atoms with Gasteiger partial charge in [0.1, 0.15) is 5.82 Å². The Balaban J connectivity index is 1.57. The minimum absolute atomic E-state index is 0.0322. The molecular weight excluding hydrogens is 390 g/mol. The molecule has 3 aromatic rings. The van der Waals surface area contributed by atoms with Gasteiger partial charge < -0.3 is 20.1 Å². The van der Waals surface area contributed by atoms with Gasteiger partial charge in [0.15, 0.2) is 0 Å². The van der Waals surface area contributed by atoms with Crippen LogP contribution in [0, 0.1) is 13.8 Å². The van der Waals surface area contributed by atoms with E-state index in [9.17, 15) is 9.90 Å². The van der Waals surface area contributed by atoms with Crippen LogP contribution in [0.15, 0.2) is 54.7 Å². The minimum Gasteiger partial charge on any atom is -0.481 e. The SMILES string of the molecule is Cc1ccc(C)n1-c1ccc([C@H](O)CNC(C)(C)Cc2ccc(CC(=O)O)cc2)cn1. The van der Waals surface area contributed by atoms with Gasteiger partial charge in [-0.2, -0.15) is 0 Å². The Bertz CT molecular complexity index is 1000. The first kappa shape index (κ1) is 22.7. The highest BCUT2D eigenvalue weighted by Gasteiger charge is 2.20. The van der Waals surface area contributed by atoms with E-state index >= 15 is 0 Å². The second kappa shape index (κ2) is 9.45. The topological polar surface area (TPSA) is 87.4 Å². The number of rotatable bonds is 9. The Morgan fingerprint density at radius 2 is 1.65 bits per heavy atom. The average molecular weight is 422 g/mol. The summed E-state index contributed by atoms with van der Waals surface area (Å²) < 4.78 is 2.08. The molecule has 164 valence electrons. The molecule has 0 spiro atoms. The number of nitrogens with one attached hydrogen (secondary N) is 1. The van der Waals surface area contributed by atoms with Crippen LogP contribution in [-0.2, 0) is 17.6 Å². The fourth-order valence-corrected chi connectivity index (χ4v) is 3.77. The van der Waals surface area contributed by atoms with Crippen molar-refractivity contribution in [3.8, 4) is 5.82 Å². The van der Waals surface area contributed by atoms with Crippen LogP contribution in [0.2, 0.25) is 0 Å². The van der Waals surface area contributed by atoms with Crippen molar-refractivity contribution in [3.05, 3.63) is 82.8 Å². The van der Waals surface area contributed by atoms with Gasteiger partial charge in [0, 0.05) is 35.2 Å². The van der Waals surface area contributed by atoms with E-state index in [1.807, 2.05) is 50.2 Å². The first-order valence-corrected chi connectivity index (χ1v) is 10.5. The summed E-state index contributed by atoms with van der Waals surface area (Å²) in [5.41, 5.74) is 4.69. The molecule has 6 heteroatoms. The highest BCUT2D eigenvalue weighted by atomic mass is 16.4. The van der Waals surface area contributed by atoms with Gasteiger partial charge in [-0.1, -0.05) is 30.3 Å². The van der Waals surface area contributed by atoms with Gasteiger partial charge in [-0.25, -0.2) is 4.98 Å². The number of aliphatic carboxylic acids is 1. The number of hydrogen-bond donors (Lipinski definition) is 3. The standard InChI is InChI=1S/C25H31N3O3/c1-17-5-6-18(2)28(17)23-12-11-21(15-26-23)22(29)16-27-25(3,4)14-20-9-7-19(8-10-20)13-24(30)31/h5-12,15,22,27,29H,13-14,16H2,1-4H3,(H,30,31)/t22-/m1/s1. The zero-order valence-electron chi connectivity index (χ0n) is 18.6. The van der Waals surface area contributed by atoms with Crippen molar-refractivity contribution in [2.75, 3.05) is 6.54 Å². The fraction of sp³-hybridized carbons (Fsp3) is 0.360. The molecule has 1 atom stereocenters. The zero-order valence-corrected chi connectivity index (χ0v) is 18.6. The summed E-state index contributed by atoms with van der Waals surface area (Å²) in [6.07, 6.45) is 1.86. The van der Waals surface area contributed by atoms with Crippen LogP contribution in [0.25, 0.3) is 5.82 Å². The smallest absolute Gasteiger partial charge is 0.307 e. The van der Waals surface area contributed by atoms with Crippen molar-refractivity contribution in [1.29, 1.82) is 0 Å². The van der Waals surface area contributed by atoms with Crippen LogP contribution in [0.3, 0.4) is 0 Å². The number of hydrogen-bond acceptors (Lipinski definition) is 4. The molecule has 0 unspecified atom stereocenters. The Morgan fingerprint density at radius 3 is 2.19 bits per heavy atom. The number of pyridine rings is 1. The lowest BCUT2D eigenvalue weighted by molar-refractivity contribution is -0.136. The number of carbonyl (C=O) groups is 1. The van der Waals surface area contributed by atoms with Crippen molar-refractivity contribution >= 4 is 5.97 Å². The van der Waals surface area contributed by atoms with E-state index in [2.05, 4.69) is 40.8 Å². The van der Waals surface area contributed by atoms with Crippen LogP contribution < -0.4 is 5.32 Å². The van der Waals surface area contributed by atoms with Crippen LogP contribution in [-0.4, -0.2) is 37.8 Å². The number of benzene rings is 1. The third-order valence-corrected chi connectivity index (χ3v) is 5.45. The largest absolute Gasteiger partial charge is 0.481 e. The molecule has 0 saturated heterocycles. The van der Waals surface area contributed by atoms with E-state index in [1.54, 1.807) is 6.20 Å². The highest BCUT2D eigenvalue weighted by Crippen LogP contribution is 2.19. The predicted molar refractivity (Wildman–Crippen MR) is 122 cm³/mol. The molecule has 0 bridgehead atoms. The zero-order chi connectivity index (χ0) is 22.6. The van der Waals surface area contributed by atoms with Crippen LogP contribution >= 0.6 is 0 Å². The number of aryl methyl sites for hydroxylation is 2. The molecular formula is C25H31N3O3. The summed E-state index contributed by atoms with van der Waals surface area (Å²) in [4.78, 5) is 15.4. The molecule has 31 heavy (non-hydrogen) atoms. The molecule has 3 rings (SSSR count). The second-order valence-electron chi connectivity index (χ2n) is 8.75. The number of nitrogens with zero attached hydrogens (tertiary/aromatic N) is 2. The molecule has 2 aromatic heterocycles. The lowest BCUT2D eigenvalue weighted by Crippen LogP contribution is -2.43. The quantitative estimate of drug-likeness (QED) is 0.490. The van der Waals surface area contributed by atoms with E-state index in [0.717, 1.165) is 40.3 Å². The number of carboxylic acids is 1. The van der Waals surface area contributed by atoms with Gasteiger partial charge in [-0.05, 0) is 63.4 Å². The van der Waals surface area contributed by atoms with E-state index < -0.39 is 12.1 Å². The molecule has 0 amide bonds. The predicted octanol–water partition coefficient (Wildman–Crippen LogP) is 3.76. The number of β-amino-alcohol motifs (C(OH)–C–C–N with tert-alkyl or cyclic N) is 1. The van der Waals surface area contributed by atoms with Gasteiger partial charge in [0.05, 0.1) is 12.5 Å². The minimum atomic E-state index is -0.829. The third-order valence-electron chi connectivity index (χ3n) is 5.45. The summed E-state index contributed by atoms with van der Waals surface area (Å²) in [6, 6.07) is 15.6. The van der Waals surface area contributed by atoms with Gasteiger partial charge >= 0.3 is 5.97 Å². The molecule has 2 heterocycles. The monoisotopic (exact) mass is 421 g/mol. The van der Waals surface area contributed by atoms with Crippen molar-refractivity contribution in [2.24, 2.45) is 0 Å². The number of aliphatic hydroxyl groups excluding tert-OH is 1. The van der Waals surface area contributed by atoms with Crippen LogP contribution in [0.4, 0.5) is 0 Å². The fourth-order valence-electron chi connectivity index (χ4n) is 3.77. The number of carboxylic acid groups (broad SMARTS) is 1. The molecule has 0 fully saturated rings. The number of aliphatic hydroxyl groups is 1. The van der Waals surface area contributed by atoms with Crippen molar-refractivity contribution in [3.63, 3.8) is 0 Å². The maximum absolute atomic E-state index is 10.8. The van der Waals surface area contributed by atoms with E-state index in [4.69, 9.17) is 5.11 Å². The molecule has 6 nitrogen and oxygen atoms in total. The van der Waals surface area contributed by atoms with E-state index in [0.29, 0.717) is 6.54 Å². The Labute approximate surface area is 183 Å². The molecule has 1 aromatic carbocycles. The maximum atomic E-state index is 10.8. The Morgan fingerprint density at radius 1 is 1.03 bits per heavy atom. The van der Waals surface area contributed by atoms with E-state index in [-0.39, 0.29) is 12.0 Å². The molecule has 3 N–H and O–H groups in total. The summed E-state index contributed by atoms with van der Waals surface area (Å²) in [5, 5.41) is 23.0. The van der Waals surface area contributed by atoms with Gasteiger partial charge in [-0.15, -0.1) is 0 Å². The van der Waals surface area contributed by atoms with Crippen molar-refractivity contribution in [1.82, 2.24) is 14.9 Å². The Kier molecular flexibility index (Phi) is 6.93. The van der Waals surface area contributed by atoms with Crippen LogP contribution in [0.1, 0.15) is 48.0 Å². The first-order chi connectivity index (χ1) is 14.6. The highest BCUT2D eigenvalue weighted by molar-refractivity contribution is 5.70.